The first-order valence-corrected chi connectivity index (χ1v) is 27.4. The number of carbonyl (C=O) groups is 7. The monoisotopic (exact) mass is 1150 g/mol. The Bertz CT molecular complexity index is 2440. The van der Waals surface area contributed by atoms with Crippen LogP contribution < -0.4 is 26.4 Å². The van der Waals surface area contributed by atoms with Crippen LogP contribution in [0.5, 0.6) is 5.75 Å². The fourth-order valence-electron chi connectivity index (χ4n) is 10.5. The van der Waals surface area contributed by atoms with E-state index in [1.54, 1.807) is 77.8 Å². The van der Waals surface area contributed by atoms with Crippen molar-refractivity contribution in [3.8, 4) is 5.75 Å². The van der Waals surface area contributed by atoms with E-state index in [-0.39, 0.29) is 48.4 Å². The number of aliphatic hydroxyl groups excluding tert-OH is 4. The van der Waals surface area contributed by atoms with Crippen molar-refractivity contribution >= 4 is 47.3 Å². The molecule has 81 heavy (non-hydrogen) atoms. The minimum absolute atomic E-state index is 0.0553. The quantitative estimate of drug-likeness (QED) is 0.0590. The van der Waals surface area contributed by atoms with E-state index < -0.39 is 145 Å². The molecule has 2 aliphatic rings. The highest BCUT2D eigenvalue weighted by atomic mass is 19.1. The molecule has 2 aliphatic heterocycles. The predicted octanol–water partition coefficient (Wildman–Crippen LogP) is 2.28. The van der Waals surface area contributed by atoms with E-state index in [4.69, 9.17) is 29.4 Å². The molecule has 0 bridgehead atoms. The zero-order valence-electron chi connectivity index (χ0n) is 48.4. The number of nitrogens with one attached hydrogen (secondary N) is 3. The lowest BCUT2D eigenvalue weighted by atomic mass is 9.89. The van der Waals surface area contributed by atoms with Crippen molar-refractivity contribution in [2.24, 2.45) is 29.4 Å². The molecular formula is C56H86FN7O17. The summed E-state index contributed by atoms with van der Waals surface area (Å²) in [6, 6.07) is 6.88. The highest BCUT2D eigenvalue weighted by molar-refractivity contribution is 5.93. The molecule has 2 fully saturated rings. The zero-order chi connectivity index (χ0) is 60.7. The van der Waals surface area contributed by atoms with Crippen molar-refractivity contribution in [2.75, 3.05) is 46.7 Å². The number of rotatable bonds is 28. The highest BCUT2D eigenvalue weighted by Gasteiger charge is 2.49. The Hall–Kier alpha value is -6.06. The van der Waals surface area contributed by atoms with Crippen LogP contribution in [-0.4, -0.2) is 196 Å². The van der Waals surface area contributed by atoms with E-state index >= 15 is 4.39 Å². The summed E-state index contributed by atoms with van der Waals surface area (Å²) in [5.74, 6) is -8.18. The van der Waals surface area contributed by atoms with Gasteiger partial charge in [0.15, 0.2) is 17.7 Å². The van der Waals surface area contributed by atoms with E-state index in [2.05, 4.69) is 16.0 Å². The Labute approximate surface area is 473 Å². The van der Waals surface area contributed by atoms with Gasteiger partial charge in [-0.3, -0.25) is 28.9 Å². The molecule has 25 heteroatoms. The Kier molecular flexibility index (Phi) is 25.7. The lowest BCUT2D eigenvalue weighted by Crippen LogP contribution is -2.61. The maximum absolute atomic E-state index is 15.9. The normalized spacial score (nSPS) is 22.5. The first-order chi connectivity index (χ1) is 38.1. The van der Waals surface area contributed by atoms with Crippen molar-refractivity contribution in [2.45, 2.75) is 173 Å². The molecule has 24 nitrogen and oxygen atoms in total. The minimum Gasteiger partial charge on any atom is -0.479 e. The molecule has 15 atom stereocenters. The number of aliphatic carboxylic acids is 1. The van der Waals surface area contributed by atoms with Gasteiger partial charge in [-0.1, -0.05) is 85.2 Å². The van der Waals surface area contributed by atoms with Crippen LogP contribution in [0.25, 0.3) is 0 Å². The van der Waals surface area contributed by atoms with Crippen LogP contribution in [0, 0.1) is 29.5 Å². The number of carbonyl (C=O) groups excluding carboxylic acids is 6. The lowest BCUT2D eigenvalue weighted by Gasteiger charge is -2.41. The maximum atomic E-state index is 15.9. The Morgan fingerprint density at radius 1 is 0.877 bits per heavy atom. The summed E-state index contributed by atoms with van der Waals surface area (Å²) in [5.41, 5.74) is 5.73. The second-order valence-electron chi connectivity index (χ2n) is 21.7. The molecule has 0 aliphatic carbocycles. The Morgan fingerprint density at radius 3 is 2.10 bits per heavy atom. The van der Waals surface area contributed by atoms with Gasteiger partial charge in [-0.25, -0.2) is 14.0 Å². The van der Waals surface area contributed by atoms with Gasteiger partial charge in [-0.15, -0.1) is 0 Å². The van der Waals surface area contributed by atoms with Crippen LogP contribution >= 0.6 is 0 Å². The van der Waals surface area contributed by atoms with Crippen LogP contribution in [0.3, 0.4) is 0 Å². The zero-order valence-corrected chi connectivity index (χ0v) is 48.4. The van der Waals surface area contributed by atoms with E-state index in [0.717, 1.165) is 17.0 Å². The molecule has 6 amide bonds. The summed E-state index contributed by atoms with van der Waals surface area (Å²) in [7, 11) is 5.85. The molecule has 2 aromatic carbocycles. The molecule has 2 aromatic rings. The number of carboxylic acids is 1. The molecule has 0 aromatic heterocycles. The van der Waals surface area contributed by atoms with Crippen LogP contribution in [-0.2, 0) is 54.3 Å². The van der Waals surface area contributed by atoms with Gasteiger partial charge in [-0.05, 0) is 60.8 Å². The number of nitrogens with two attached hydrogens (primary N) is 1. The first kappa shape index (κ1) is 67.4. The topological polar surface area (TPSA) is 339 Å². The van der Waals surface area contributed by atoms with Gasteiger partial charge < -0.3 is 80.7 Å². The molecule has 0 radical (unpaired) electrons. The fraction of sp³-hybridized carbons (Fsp3) is 0.661. The number of likely N-dealkylation sites (tertiary alicyclic amines) is 1. The van der Waals surface area contributed by atoms with Crippen molar-refractivity contribution in [1.82, 2.24) is 25.3 Å². The van der Waals surface area contributed by atoms with Crippen molar-refractivity contribution in [3.63, 3.8) is 0 Å². The number of carboxylic acid groups (broad SMARTS) is 1. The molecule has 10 N–H and O–H groups in total. The molecule has 2 heterocycles. The third kappa shape index (κ3) is 17.0. The summed E-state index contributed by atoms with van der Waals surface area (Å²) >= 11 is 0. The Balaban J connectivity index is 1.49. The predicted molar refractivity (Wildman–Crippen MR) is 292 cm³/mol. The average Bonchev–Trinajstić information content (AvgIpc) is 3.92. The van der Waals surface area contributed by atoms with Crippen molar-refractivity contribution < 1.29 is 87.2 Å². The van der Waals surface area contributed by atoms with Gasteiger partial charge in [0.25, 0.3) is 0 Å². The second-order valence-corrected chi connectivity index (χ2v) is 21.7. The summed E-state index contributed by atoms with van der Waals surface area (Å²) in [6.45, 7) is 13.8. The number of benzene rings is 2. The number of hydrogen-bond acceptors (Lipinski definition) is 17. The molecule has 2 saturated heterocycles. The molecule has 0 saturated carbocycles. The largest absolute Gasteiger partial charge is 0.479 e. The second kappa shape index (κ2) is 30.8. The van der Waals surface area contributed by atoms with Crippen molar-refractivity contribution in [3.05, 3.63) is 59.4 Å². The lowest BCUT2D eigenvalue weighted by molar-refractivity contribution is -0.271. The summed E-state index contributed by atoms with van der Waals surface area (Å²) < 4.78 is 44.0. The third-order valence-electron chi connectivity index (χ3n) is 15.2. The van der Waals surface area contributed by atoms with E-state index in [1.807, 2.05) is 19.9 Å². The van der Waals surface area contributed by atoms with E-state index in [0.29, 0.717) is 31.4 Å². The third-order valence-corrected chi connectivity index (χ3v) is 15.2. The summed E-state index contributed by atoms with van der Waals surface area (Å²) in [6.07, 6.45) is -12.4. The maximum Gasteiger partial charge on any atom is 0.410 e. The Morgan fingerprint density at radius 2 is 1.53 bits per heavy atom. The van der Waals surface area contributed by atoms with Crippen LogP contribution in [0.15, 0.2) is 42.5 Å². The number of nitrogens with zero attached hydrogens (tertiary/aromatic N) is 3. The summed E-state index contributed by atoms with van der Waals surface area (Å²) in [4.78, 5) is 99.5. The molecule has 0 unspecified atom stereocenters. The number of methoxy groups -OCH3 is 2. The smallest absolute Gasteiger partial charge is 0.410 e. The first-order valence-electron chi connectivity index (χ1n) is 27.4. The minimum atomic E-state index is -2.09. The molecular weight excluding hydrogens is 1060 g/mol. The number of halogens is 1. The number of hydrogen-bond donors (Lipinski definition) is 9. The van der Waals surface area contributed by atoms with Crippen LogP contribution in [0.2, 0.25) is 0 Å². The molecule has 454 valence electrons. The SMILES string of the molecule is CC[C@H](C)[C@H]([C@@H](CC(=O)N1CCC[C@H]1[C@H](OC)[C@@H](C)C(=O)N[C@H](C)[C@@H](O)c1ccccc1)OC)N(C)C(=O)[C@@H](NC(=O)[C@H](C(C)C)N(C)C(=O)OCc1cc(F)c(O[C@@H]2O[C@H](C(=O)O)[C@@H](O)[C@H](O)[C@H]2O)c(NC(=O)CCN)c1)C(C)C. The fourth-order valence-corrected chi connectivity index (χ4v) is 10.5. The van der Waals surface area contributed by atoms with E-state index in [9.17, 15) is 59.1 Å². The van der Waals surface area contributed by atoms with Crippen LogP contribution in [0.4, 0.5) is 14.9 Å². The number of likely N-dealkylation sites (N-methyl/N-ethyl adjacent to an activating group) is 2. The van der Waals surface area contributed by atoms with Gasteiger partial charge in [0, 0.05) is 47.8 Å². The van der Waals surface area contributed by atoms with Gasteiger partial charge >= 0.3 is 12.1 Å². The standard InChI is InChI=1S/C56H86FN7O17/c1-13-30(6)43(38(77-11)26-40(66)64-23-17-20-37(64)48(78-12)31(7)51(71)59-32(8)44(67)34-18-15-14-16-19-34)62(9)53(73)41(28(2)3)61-52(72)42(29(4)5)63(10)56(76)79-27-33-24-35(57)49(36(25-33)60-39(65)21-22-58)80-55-47(70)45(68)46(69)50(81-55)54(74)75/h14-16,18-19,24-25,28-32,37-38,41-48,50,55,67-70H,13,17,20-23,26-27,58H2,1-12H3,(H,59,71)(H,60,65)(H,61,72)(H,74,75)/t30-,31+,32+,37-,38+,41-,42-,43+,44+,45-,46-,47+,48+,50-,55+/m0/s1. The van der Waals surface area contributed by atoms with Gasteiger partial charge in [0.1, 0.15) is 37.0 Å². The van der Waals surface area contributed by atoms with Gasteiger partial charge in [0.05, 0.1) is 54.5 Å². The number of aliphatic hydroxyl groups is 4. The number of ether oxygens (including phenoxy) is 5. The van der Waals surface area contributed by atoms with Crippen LogP contribution in [0.1, 0.15) is 105 Å². The highest BCUT2D eigenvalue weighted by Crippen LogP contribution is 2.35. The van der Waals surface area contributed by atoms with Crippen molar-refractivity contribution in [1.29, 1.82) is 0 Å². The number of anilines is 1. The van der Waals surface area contributed by atoms with E-state index in [1.165, 1.54) is 26.2 Å². The van der Waals surface area contributed by atoms with Gasteiger partial charge in [0.2, 0.25) is 35.8 Å². The average molecular weight is 1150 g/mol. The number of amides is 6. The van der Waals surface area contributed by atoms with Gasteiger partial charge in [-0.2, -0.15) is 0 Å². The summed E-state index contributed by atoms with van der Waals surface area (Å²) in [5, 5.41) is 59.5. The molecule has 0 spiro atoms. The molecule has 4 rings (SSSR count).